The van der Waals surface area contributed by atoms with E-state index in [1.165, 1.54) is 4.31 Å². The average Bonchev–Trinajstić information content (AvgIpc) is 3.01. The smallest absolute Gasteiger partial charge is 0.243 e. The molecular weight excluding hydrogens is 314 g/mol. The fourth-order valence-corrected chi connectivity index (χ4v) is 4.86. The van der Waals surface area contributed by atoms with Gasteiger partial charge in [-0.05, 0) is 25.0 Å². The number of rotatable bonds is 3. The van der Waals surface area contributed by atoms with Gasteiger partial charge in [0.05, 0.1) is 10.8 Å². The Kier molecular flexibility index (Phi) is 4.70. The Labute approximate surface area is 137 Å². The molecule has 1 aliphatic carbocycles. The minimum absolute atomic E-state index is 0.0476. The van der Waals surface area contributed by atoms with Crippen LogP contribution in [-0.2, 0) is 14.8 Å². The molecule has 2 fully saturated rings. The second kappa shape index (κ2) is 6.59. The van der Waals surface area contributed by atoms with E-state index in [1.54, 1.807) is 35.2 Å². The van der Waals surface area contributed by atoms with Crippen LogP contribution in [-0.4, -0.2) is 55.8 Å². The fraction of sp³-hybridized carbons (Fsp3) is 0.562. The summed E-state index contributed by atoms with van der Waals surface area (Å²) >= 11 is 0. The van der Waals surface area contributed by atoms with Gasteiger partial charge in [0.1, 0.15) is 0 Å². The van der Waals surface area contributed by atoms with Crippen molar-refractivity contribution in [3.8, 4) is 0 Å². The molecule has 2 atom stereocenters. The van der Waals surface area contributed by atoms with E-state index in [-0.39, 0.29) is 17.9 Å². The van der Waals surface area contributed by atoms with Gasteiger partial charge < -0.3 is 10.6 Å². The molecule has 1 saturated heterocycles. The van der Waals surface area contributed by atoms with E-state index in [9.17, 15) is 13.2 Å². The summed E-state index contributed by atoms with van der Waals surface area (Å²) in [6.07, 6.45) is 2.75. The van der Waals surface area contributed by atoms with Crippen LogP contribution in [0.3, 0.4) is 0 Å². The number of amides is 1. The van der Waals surface area contributed by atoms with Crippen molar-refractivity contribution in [3.63, 3.8) is 0 Å². The van der Waals surface area contributed by atoms with Crippen LogP contribution >= 0.6 is 0 Å². The summed E-state index contributed by atoms with van der Waals surface area (Å²) in [5.74, 6) is -0.000889. The van der Waals surface area contributed by atoms with E-state index >= 15 is 0 Å². The van der Waals surface area contributed by atoms with E-state index < -0.39 is 10.0 Å². The molecule has 1 heterocycles. The number of piperazine rings is 1. The topological polar surface area (TPSA) is 83.7 Å². The number of carbonyl (C=O) groups is 1. The number of nitrogens with zero attached hydrogens (tertiary/aromatic N) is 2. The lowest BCUT2D eigenvalue weighted by molar-refractivity contribution is -0.136. The first-order chi connectivity index (χ1) is 11.0. The lowest BCUT2D eigenvalue weighted by Gasteiger charge is -2.35. The molecule has 126 valence electrons. The van der Waals surface area contributed by atoms with Gasteiger partial charge in [-0.3, -0.25) is 4.79 Å². The molecule has 2 aliphatic rings. The molecular formula is C16H23N3O3S. The van der Waals surface area contributed by atoms with Gasteiger partial charge in [0.25, 0.3) is 0 Å². The zero-order chi connectivity index (χ0) is 16.4. The highest BCUT2D eigenvalue weighted by Gasteiger charge is 2.36. The van der Waals surface area contributed by atoms with Crippen molar-refractivity contribution in [3.05, 3.63) is 30.3 Å². The van der Waals surface area contributed by atoms with Crippen LogP contribution in [0, 0.1) is 5.92 Å². The van der Waals surface area contributed by atoms with Gasteiger partial charge in [-0.1, -0.05) is 24.6 Å². The van der Waals surface area contributed by atoms with Crippen LogP contribution in [0.1, 0.15) is 19.3 Å². The van der Waals surface area contributed by atoms with E-state index in [0.717, 1.165) is 19.3 Å². The van der Waals surface area contributed by atoms with Crippen molar-refractivity contribution < 1.29 is 13.2 Å². The number of sulfonamides is 1. The lowest BCUT2D eigenvalue weighted by Crippen LogP contribution is -2.53. The molecule has 3 rings (SSSR count). The van der Waals surface area contributed by atoms with Crippen LogP contribution in [0.2, 0.25) is 0 Å². The van der Waals surface area contributed by atoms with Crippen LogP contribution in [0.4, 0.5) is 0 Å². The predicted octanol–water partition coefficient (Wildman–Crippen LogP) is 0.647. The molecule has 7 heteroatoms. The Bertz CT molecular complexity index is 654. The number of hydrogen-bond acceptors (Lipinski definition) is 4. The summed E-state index contributed by atoms with van der Waals surface area (Å²) in [6, 6.07) is 8.38. The minimum atomic E-state index is -3.47. The Morgan fingerprint density at radius 2 is 1.70 bits per heavy atom. The zero-order valence-corrected chi connectivity index (χ0v) is 13.9. The van der Waals surface area contributed by atoms with Gasteiger partial charge in [0.15, 0.2) is 0 Å². The molecule has 0 aromatic heterocycles. The van der Waals surface area contributed by atoms with Crippen molar-refractivity contribution in [2.45, 2.75) is 30.2 Å². The highest BCUT2D eigenvalue weighted by Crippen LogP contribution is 2.27. The van der Waals surface area contributed by atoms with Gasteiger partial charge in [-0.15, -0.1) is 0 Å². The quantitative estimate of drug-likeness (QED) is 0.878. The Morgan fingerprint density at radius 3 is 2.26 bits per heavy atom. The molecule has 6 nitrogen and oxygen atoms in total. The lowest BCUT2D eigenvalue weighted by atomic mass is 10.0. The maximum atomic E-state index is 12.6. The van der Waals surface area contributed by atoms with E-state index in [1.807, 2.05) is 0 Å². The zero-order valence-electron chi connectivity index (χ0n) is 13.1. The maximum Gasteiger partial charge on any atom is 0.243 e. The van der Waals surface area contributed by atoms with Crippen LogP contribution in [0.5, 0.6) is 0 Å². The van der Waals surface area contributed by atoms with Crippen LogP contribution in [0.15, 0.2) is 35.2 Å². The number of benzene rings is 1. The monoisotopic (exact) mass is 337 g/mol. The molecule has 2 unspecified atom stereocenters. The van der Waals surface area contributed by atoms with E-state index in [0.29, 0.717) is 31.1 Å². The molecule has 1 amide bonds. The van der Waals surface area contributed by atoms with Crippen LogP contribution in [0.25, 0.3) is 0 Å². The summed E-state index contributed by atoms with van der Waals surface area (Å²) in [6.45, 7) is 1.55. The molecule has 0 spiro atoms. The van der Waals surface area contributed by atoms with Crippen LogP contribution < -0.4 is 5.73 Å². The number of nitrogens with two attached hydrogens (primary N) is 1. The molecule has 1 aromatic carbocycles. The van der Waals surface area contributed by atoms with Crippen molar-refractivity contribution in [2.75, 3.05) is 26.2 Å². The summed E-state index contributed by atoms with van der Waals surface area (Å²) in [4.78, 5) is 14.6. The highest BCUT2D eigenvalue weighted by molar-refractivity contribution is 7.89. The third kappa shape index (κ3) is 3.27. The second-order valence-electron chi connectivity index (χ2n) is 6.24. The standard InChI is InChI=1S/C16H23N3O3S/c17-15-8-4-7-14(15)16(20)18-9-11-19(12-10-18)23(21,22)13-5-2-1-3-6-13/h1-3,5-6,14-15H,4,7-12,17H2. The SMILES string of the molecule is NC1CCCC1C(=O)N1CCN(S(=O)(=O)c2ccccc2)CC1. The van der Waals surface area contributed by atoms with Crippen molar-refractivity contribution in [2.24, 2.45) is 11.7 Å². The number of carbonyl (C=O) groups excluding carboxylic acids is 1. The predicted molar refractivity (Wildman–Crippen MR) is 87.1 cm³/mol. The molecule has 1 saturated carbocycles. The van der Waals surface area contributed by atoms with Crippen molar-refractivity contribution in [1.29, 1.82) is 0 Å². The maximum absolute atomic E-state index is 12.6. The summed E-state index contributed by atoms with van der Waals surface area (Å²) < 4.78 is 26.6. The molecule has 1 aliphatic heterocycles. The van der Waals surface area contributed by atoms with Gasteiger partial charge in [0.2, 0.25) is 15.9 Å². The average molecular weight is 337 g/mol. The molecule has 2 N–H and O–H groups in total. The van der Waals surface area contributed by atoms with Crippen molar-refractivity contribution >= 4 is 15.9 Å². The largest absolute Gasteiger partial charge is 0.340 e. The van der Waals surface area contributed by atoms with Gasteiger partial charge in [-0.25, -0.2) is 8.42 Å². The minimum Gasteiger partial charge on any atom is -0.340 e. The van der Waals surface area contributed by atoms with E-state index in [4.69, 9.17) is 5.73 Å². The normalized spacial score (nSPS) is 26.4. The van der Waals surface area contributed by atoms with Gasteiger partial charge >= 0.3 is 0 Å². The molecule has 1 aromatic rings. The Balaban J connectivity index is 1.63. The third-order valence-electron chi connectivity index (χ3n) is 4.82. The second-order valence-corrected chi connectivity index (χ2v) is 8.18. The summed E-state index contributed by atoms with van der Waals surface area (Å²) in [7, 11) is -3.47. The number of hydrogen-bond donors (Lipinski definition) is 1. The molecule has 0 radical (unpaired) electrons. The van der Waals surface area contributed by atoms with E-state index in [2.05, 4.69) is 0 Å². The van der Waals surface area contributed by atoms with Crippen molar-refractivity contribution in [1.82, 2.24) is 9.21 Å². The van der Waals surface area contributed by atoms with Gasteiger partial charge in [0, 0.05) is 32.2 Å². The Morgan fingerprint density at radius 1 is 1.04 bits per heavy atom. The summed E-state index contributed by atoms with van der Waals surface area (Å²) in [5, 5.41) is 0. The fourth-order valence-electron chi connectivity index (χ4n) is 3.42. The highest BCUT2D eigenvalue weighted by atomic mass is 32.2. The van der Waals surface area contributed by atoms with Gasteiger partial charge in [-0.2, -0.15) is 4.31 Å². The third-order valence-corrected chi connectivity index (χ3v) is 6.73. The summed E-state index contributed by atoms with van der Waals surface area (Å²) in [5.41, 5.74) is 6.01. The molecule has 0 bridgehead atoms. The molecule has 23 heavy (non-hydrogen) atoms. The first kappa shape index (κ1) is 16.4. The first-order valence-electron chi connectivity index (χ1n) is 8.10. The first-order valence-corrected chi connectivity index (χ1v) is 9.54. The Hall–Kier alpha value is -1.44.